The lowest BCUT2D eigenvalue weighted by Gasteiger charge is -2.13. The van der Waals surface area contributed by atoms with Crippen LogP contribution in [-0.2, 0) is 18.4 Å². The van der Waals surface area contributed by atoms with E-state index < -0.39 is 6.10 Å². The molecule has 0 aliphatic carbocycles. The zero-order valence-corrected chi connectivity index (χ0v) is 22.4. The molecule has 0 aliphatic heterocycles. The molecular formula is C27H33N7O2S. The third-order valence-corrected chi connectivity index (χ3v) is 7.36. The second kappa shape index (κ2) is 11.3. The summed E-state index contributed by atoms with van der Waals surface area (Å²) in [6, 6.07) is 8.03. The zero-order chi connectivity index (χ0) is 26.6. The number of rotatable bonds is 10. The average Bonchev–Trinajstić information content (AvgIpc) is 3.53. The molecule has 1 atom stereocenters. The molecule has 0 spiro atoms. The standard InChI is InChI=1S/C27H33N7O2S/c1-17-11-19(6-5-18(17)7-8-23(36)24-14-30-25(37-24)27(2,3)4)22-9-10-29-26(33-22)32-20-13-31-34(15-20)16-21(35)12-28/h5-6,9-11,13-15,21,35H,7-8,12,16,28H2,1-4H3,(H,29,32,33)/t21-/m0/s1. The summed E-state index contributed by atoms with van der Waals surface area (Å²) in [6.45, 7) is 8.86. The number of nitrogens with one attached hydrogen (secondary N) is 1. The van der Waals surface area contributed by atoms with Crippen LogP contribution in [0.25, 0.3) is 11.3 Å². The number of hydrogen-bond acceptors (Lipinski definition) is 9. The number of carbonyl (C=O) groups excluding carboxylic acids is 1. The van der Waals surface area contributed by atoms with Gasteiger partial charge in [-0.2, -0.15) is 5.10 Å². The number of anilines is 2. The number of aliphatic hydroxyl groups excluding tert-OH is 1. The Balaban J connectivity index is 1.40. The van der Waals surface area contributed by atoms with Gasteiger partial charge >= 0.3 is 0 Å². The Hall–Kier alpha value is -3.47. The molecule has 4 rings (SSSR count). The van der Waals surface area contributed by atoms with Crippen LogP contribution in [-0.4, -0.2) is 48.3 Å². The van der Waals surface area contributed by atoms with E-state index in [1.165, 1.54) is 11.3 Å². The largest absolute Gasteiger partial charge is 0.390 e. The van der Waals surface area contributed by atoms with E-state index >= 15 is 0 Å². The number of Topliss-reactive ketones (excluding diaryl/α,β-unsaturated/α-hetero) is 1. The Morgan fingerprint density at radius 3 is 2.73 bits per heavy atom. The fourth-order valence-corrected chi connectivity index (χ4v) is 4.73. The van der Waals surface area contributed by atoms with Crippen LogP contribution in [0.3, 0.4) is 0 Å². The smallest absolute Gasteiger partial charge is 0.227 e. The molecule has 0 bridgehead atoms. The van der Waals surface area contributed by atoms with E-state index in [2.05, 4.69) is 65.2 Å². The zero-order valence-electron chi connectivity index (χ0n) is 21.6. The molecule has 3 heterocycles. The van der Waals surface area contributed by atoms with Gasteiger partial charge in [-0.05, 0) is 36.6 Å². The molecule has 4 aromatic rings. The Morgan fingerprint density at radius 1 is 1.22 bits per heavy atom. The number of carbonyl (C=O) groups is 1. The van der Waals surface area contributed by atoms with Crippen molar-refractivity contribution in [1.82, 2.24) is 24.7 Å². The molecule has 0 saturated carbocycles. The molecule has 1 aromatic carbocycles. The van der Waals surface area contributed by atoms with E-state index in [0.717, 1.165) is 32.3 Å². The van der Waals surface area contributed by atoms with Gasteiger partial charge in [0.2, 0.25) is 5.95 Å². The third kappa shape index (κ3) is 6.85. The van der Waals surface area contributed by atoms with Gasteiger partial charge in [0, 0.05) is 42.5 Å². The Kier molecular flexibility index (Phi) is 8.11. The molecule has 4 N–H and O–H groups in total. The first kappa shape index (κ1) is 26.6. The first-order chi connectivity index (χ1) is 17.6. The summed E-state index contributed by atoms with van der Waals surface area (Å²) >= 11 is 1.49. The summed E-state index contributed by atoms with van der Waals surface area (Å²) in [7, 11) is 0. The number of hydrogen-bond donors (Lipinski definition) is 3. The summed E-state index contributed by atoms with van der Waals surface area (Å²) in [5, 5.41) is 18.1. The maximum atomic E-state index is 12.7. The maximum Gasteiger partial charge on any atom is 0.227 e. The monoisotopic (exact) mass is 519 g/mol. The van der Waals surface area contributed by atoms with Crippen molar-refractivity contribution in [3.63, 3.8) is 0 Å². The van der Waals surface area contributed by atoms with Crippen LogP contribution in [0.1, 0.15) is 53.0 Å². The third-order valence-electron chi connectivity index (χ3n) is 5.90. The first-order valence-corrected chi connectivity index (χ1v) is 13.0. The number of nitrogens with zero attached hydrogens (tertiary/aromatic N) is 5. The van der Waals surface area contributed by atoms with E-state index in [0.29, 0.717) is 31.0 Å². The fourth-order valence-electron chi connectivity index (χ4n) is 3.78. The minimum atomic E-state index is -0.648. The predicted octanol–water partition coefficient (Wildman–Crippen LogP) is 4.28. The van der Waals surface area contributed by atoms with Gasteiger partial charge in [-0.1, -0.05) is 32.9 Å². The predicted molar refractivity (Wildman–Crippen MR) is 146 cm³/mol. The molecule has 9 nitrogen and oxygen atoms in total. The van der Waals surface area contributed by atoms with Crippen molar-refractivity contribution in [1.29, 1.82) is 0 Å². The Morgan fingerprint density at radius 2 is 2.03 bits per heavy atom. The topological polar surface area (TPSA) is 132 Å². The minimum absolute atomic E-state index is 0.0536. The number of thiazole rings is 1. The summed E-state index contributed by atoms with van der Waals surface area (Å²) in [6.07, 6.45) is 7.30. The number of ketones is 1. The fraction of sp³-hybridized carbons (Fsp3) is 0.370. The average molecular weight is 520 g/mol. The number of aliphatic hydroxyl groups is 1. The highest BCUT2D eigenvalue weighted by molar-refractivity contribution is 7.13. The van der Waals surface area contributed by atoms with Gasteiger partial charge < -0.3 is 16.2 Å². The number of aromatic nitrogens is 5. The number of nitrogens with two attached hydrogens (primary N) is 1. The summed E-state index contributed by atoms with van der Waals surface area (Å²) in [4.78, 5) is 26.9. The van der Waals surface area contributed by atoms with E-state index in [1.54, 1.807) is 29.5 Å². The lowest BCUT2D eigenvalue weighted by Crippen LogP contribution is -2.25. The van der Waals surface area contributed by atoms with Gasteiger partial charge in [0.1, 0.15) is 0 Å². The molecule has 0 saturated heterocycles. The van der Waals surface area contributed by atoms with E-state index in [9.17, 15) is 9.90 Å². The van der Waals surface area contributed by atoms with Crippen molar-refractivity contribution in [3.05, 3.63) is 70.1 Å². The van der Waals surface area contributed by atoms with Crippen molar-refractivity contribution in [3.8, 4) is 11.3 Å². The van der Waals surface area contributed by atoms with Crippen molar-refractivity contribution >= 4 is 28.8 Å². The second-order valence-corrected chi connectivity index (χ2v) is 11.1. The van der Waals surface area contributed by atoms with Gasteiger partial charge in [-0.25, -0.2) is 15.0 Å². The molecule has 0 amide bonds. The van der Waals surface area contributed by atoms with Gasteiger partial charge in [0.25, 0.3) is 0 Å². The highest BCUT2D eigenvalue weighted by Crippen LogP contribution is 2.28. The Labute approximate surface area is 220 Å². The quantitative estimate of drug-likeness (QED) is 0.265. The molecule has 3 aromatic heterocycles. The van der Waals surface area contributed by atoms with Crippen molar-refractivity contribution < 1.29 is 9.90 Å². The number of aryl methyl sites for hydroxylation is 2. The second-order valence-electron chi connectivity index (χ2n) is 10.1. The lowest BCUT2D eigenvalue weighted by molar-refractivity contribution is 0.0986. The van der Waals surface area contributed by atoms with Gasteiger partial charge in [-0.3, -0.25) is 9.48 Å². The molecule has 0 unspecified atom stereocenters. The van der Waals surface area contributed by atoms with Crippen LogP contribution in [0.5, 0.6) is 0 Å². The molecular weight excluding hydrogens is 486 g/mol. The molecule has 10 heteroatoms. The van der Waals surface area contributed by atoms with Crippen LogP contribution >= 0.6 is 11.3 Å². The van der Waals surface area contributed by atoms with Crippen LogP contribution in [0, 0.1) is 6.92 Å². The van der Waals surface area contributed by atoms with Gasteiger partial charge in [0.15, 0.2) is 5.78 Å². The summed E-state index contributed by atoms with van der Waals surface area (Å²) in [5.74, 6) is 0.576. The minimum Gasteiger partial charge on any atom is -0.390 e. The lowest BCUT2D eigenvalue weighted by atomic mass is 9.98. The van der Waals surface area contributed by atoms with Crippen LogP contribution in [0.15, 0.2) is 49.1 Å². The van der Waals surface area contributed by atoms with E-state index in [1.807, 2.05) is 12.1 Å². The summed E-state index contributed by atoms with van der Waals surface area (Å²) < 4.78 is 1.62. The highest BCUT2D eigenvalue weighted by Gasteiger charge is 2.20. The SMILES string of the molecule is Cc1cc(-c2ccnc(Nc3cnn(C[C@@H](O)CN)c3)n2)ccc1CCC(=O)c1cnc(C(C)(C)C)s1. The molecule has 0 fully saturated rings. The highest BCUT2D eigenvalue weighted by atomic mass is 32.1. The van der Waals surface area contributed by atoms with Gasteiger partial charge in [-0.15, -0.1) is 11.3 Å². The van der Waals surface area contributed by atoms with E-state index in [-0.39, 0.29) is 17.7 Å². The maximum absolute atomic E-state index is 12.7. The normalized spacial score (nSPS) is 12.5. The molecule has 0 radical (unpaired) electrons. The number of benzene rings is 1. The van der Waals surface area contributed by atoms with E-state index in [4.69, 9.17) is 5.73 Å². The van der Waals surface area contributed by atoms with Crippen LogP contribution in [0.4, 0.5) is 11.6 Å². The molecule has 37 heavy (non-hydrogen) atoms. The van der Waals surface area contributed by atoms with Crippen molar-refractivity contribution in [2.75, 3.05) is 11.9 Å². The molecule has 0 aliphatic rings. The van der Waals surface area contributed by atoms with Crippen LogP contribution < -0.4 is 11.1 Å². The van der Waals surface area contributed by atoms with Gasteiger partial charge in [0.05, 0.1) is 40.1 Å². The Bertz CT molecular complexity index is 1370. The molecule has 194 valence electrons. The van der Waals surface area contributed by atoms with Crippen LogP contribution in [0.2, 0.25) is 0 Å². The first-order valence-electron chi connectivity index (χ1n) is 12.2. The van der Waals surface area contributed by atoms with Crippen molar-refractivity contribution in [2.45, 2.75) is 58.6 Å². The summed E-state index contributed by atoms with van der Waals surface area (Å²) in [5.41, 5.74) is 10.1. The van der Waals surface area contributed by atoms with Crippen molar-refractivity contribution in [2.24, 2.45) is 5.73 Å².